The van der Waals surface area contributed by atoms with E-state index in [1.54, 1.807) is 4.90 Å². The van der Waals surface area contributed by atoms with Crippen LogP contribution in [0.25, 0.3) is 0 Å². The predicted molar refractivity (Wildman–Crippen MR) is 97.1 cm³/mol. The number of rotatable bonds is 4. The summed E-state index contributed by atoms with van der Waals surface area (Å²) in [6.45, 7) is 4.70. The molecule has 1 aromatic rings. The predicted octanol–water partition coefficient (Wildman–Crippen LogP) is 0.728. The van der Waals surface area contributed by atoms with Crippen molar-refractivity contribution in [2.45, 2.75) is 31.3 Å². The number of nitrogens with one attached hydrogen (secondary N) is 1. The average Bonchev–Trinajstić information content (AvgIpc) is 3.01. The van der Waals surface area contributed by atoms with Gasteiger partial charge in [0.25, 0.3) is 5.91 Å². The summed E-state index contributed by atoms with van der Waals surface area (Å²) in [4.78, 5) is 27.5. The SMILES string of the molecule is CC(=O)N1CCN(CC2OCC(NC(=O)c3ccc(C(F)(F)F)cc3)C2O)CC1. The Morgan fingerprint density at radius 3 is 2.34 bits per heavy atom. The first-order chi connectivity index (χ1) is 13.6. The van der Waals surface area contributed by atoms with Gasteiger partial charge < -0.3 is 20.1 Å². The molecule has 7 nitrogen and oxygen atoms in total. The smallest absolute Gasteiger partial charge is 0.388 e. The largest absolute Gasteiger partial charge is 0.416 e. The van der Waals surface area contributed by atoms with Gasteiger partial charge >= 0.3 is 6.18 Å². The molecule has 2 fully saturated rings. The Morgan fingerprint density at radius 1 is 1.17 bits per heavy atom. The molecule has 3 rings (SSSR count). The molecule has 0 aliphatic carbocycles. The van der Waals surface area contributed by atoms with Gasteiger partial charge in [0.1, 0.15) is 6.10 Å². The van der Waals surface area contributed by atoms with Gasteiger partial charge in [-0.1, -0.05) is 0 Å². The Morgan fingerprint density at radius 2 is 1.79 bits per heavy atom. The van der Waals surface area contributed by atoms with Crippen LogP contribution in [0, 0.1) is 0 Å². The van der Waals surface area contributed by atoms with Gasteiger partial charge in [0.2, 0.25) is 5.91 Å². The molecule has 2 aliphatic rings. The lowest BCUT2D eigenvalue weighted by atomic mass is 10.1. The van der Waals surface area contributed by atoms with Crippen LogP contribution in [0.5, 0.6) is 0 Å². The summed E-state index contributed by atoms with van der Waals surface area (Å²) in [6.07, 6.45) is -5.89. The fourth-order valence-electron chi connectivity index (χ4n) is 3.53. The summed E-state index contributed by atoms with van der Waals surface area (Å²) in [5, 5.41) is 13.1. The zero-order valence-corrected chi connectivity index (χ0v) is 16.0. The van der Waals surface area contributed by atoms with Crippen LogP contribution < -0.4 is 5.32 Å². The number of benzene rings is 1. The van der Waals surface area contributed by atoms with Crippen molar-refractivity contribution in [3.8, 4) is 0 Å². The number of alkyl halides is 3. The third-order valence-electron chi connectivity index (χ3n) is 5.33. The van der Waals surface area contributed by atoms with Gasteiger partial charge in [0, 0.05) is 45.2 Å². The van der Waals surface area contributed by atoms with Crippen LogP contribution in [0.3, 0.4) is 0 Å². The first kappa shape index (κ1) is 21.5. The van der Waals surface area contributed by atoms with Crippen LogP contribution in [-0.4, -0.2) is 84.3 Å². The quantitative estimate of drug-likeness (QED) is 0.758. The van der Waals surface area contributed by atoms with E-state index in [2.05, 4.69) is 10.2 Å². The summed E-state index contributed by atoms with van der Waals surface area (Å²) in [5.41, 5.74) is -0.753. The molecule has 0 radical (unpaired) electrons. The maximum atomic E-state index is 12.6. The highest BCUT2D eigenvalue weighted by molar-refractivity contribution is 5.94. The first-order valence-corrected chi connectivity index (χ1v) is 9.41. The second kappa shape index (κ2) is 8.68. The minimum Gasteiger partial charge on any atom is -0.388 e. The number of piperazine rings is 1. The van der Waals surface area contributed by atoms with Gasteiger partial charge in [-0.05, 0) is 24.3 Å². The van der Waals surface area contributed by atoms with Gasteiger partial charge in [-0.3, -0.25) is 14.5 Å². The second-order valence-corrected chi connectivity index (χ2v) is 7.32. The highest BCUT2D eigenvalue weighted by Crippen LogP contribution is 2.29. The number of ether oxygens (including phenoxy) is 1. The summed E-state index contributed by atoms with van der Waals surface area (Å²) in [5.74, 6) is -0.532. The number of carbonyl (C=O) groups excluding carboxylic acids is 2. The van der Waals surface area contributed by atoms with Crippen molar-refractivity contribution in [1.29, 1.82) is 0 Å². The lowest BCUT2D eigenvalue weighted by Gasteiger charge is -2.35. The van der Waals surface area contributed by atoms with Crippen molar-refractivity contribution in [2.24, 2.45) is 0 Å². The molecule has 29 heavy (non-hydrogen) atoms. The molecule has 1 aromatic carbocycles. The minimum absolute atomic E-state index is 0.0350. The monoisotopic (exact) mass is 415 g/mol. The maximum absolute atomic E-state index is 12.6. The standard InChI is InChI=1S/C19H24F3N3O4/c1-12(26)25-8-6-24(7-9-25)10-16-17(27)15(11-29-16)23-18(28)13-2-4-14(5-3-13)19(20,21)22/h2-5,15-17,27H,6-11H2,1H3,(H,23,28). The molecule has 2 amide bonds. The molecule has 2 aliphatic heterocycles. The van der Waals surface area contributed by atoms with Crippen LogP contribution >= 0.6 is 0 Å². The van der Waals surface area contributed by atoms with Gasteiger partial charge in [0.05, 0.1) is 24.3 Å². The highest BCUT2D eigenvalue weighted by atomic mass is 19.4. The van der Waals surface area contributed by atoms with Crippen molar-refractivity contribution >= 4 is 11.8 Å². The lowest BCUT2D eigenvalue weighted by Crippen LogP contribution is -2.52. The van der Waals surface area contributed by atoms with Crippen molar-refractivity contribution in [2.75, 3.05) is 39.3 Å². The van der Waals surface area contributed by atoms with E-state index in [1.807, 2.05) is 0 Å². The fraction of sp³-hybridized carbons (Fsp3) is 0.579. The first-order valence-electron chi connectivity index (χ1n) is 9.41. The molecule has 3 unspecified atom stereocenters. The average molecular weight is 415 g/mol. The number of halogens is 3. The third-order valence-corrected chi connectivity index (χ3v) is 5.33. The van der Waals surface area contributed by atoms with E-state index in [9.17, 15) is 27.9 Å². The molecule has 10 heteroatoms. The van der Waals surface area contributed by atoms with Crippen LogP contribution in [0.4, 0.5) is 13.2 Å². The highest BCUT2D eigenvalue weighted by Gasteiger charge is 2.38. The normalized spacial score (nSPS) is 25.8. The number of carbonyl (C=O) groups is 2. The molecule has 2 saturated heterocycles. The molecule has 160 valence electrons. The zero-order valence-electron chi connectivity index (χ0n) is 16.0. The molecule has 0 aromatic heterocycles. The fourth-order valence-corrected chi connectivity index (χ4v) is 3.53. The molecule has 0 spiro atoms. The minimum atomic E-state index is -4.46. The number of nitrogens with zero attached hydrogens (tertiary/aromatic N) is 2. The van der Waals surface area contributed by atoms with Crippen molar-refractivity contribution in [3.63, 3.8) is 0 Å². The van der Waals surface area contributed by atoms with E-state index < -0.39 is 35.9 Å². The summed E-state index contributed by atoms with van der Waals surface area (Å²) >= 11 is 0. The second-order valence-electron chi connectivity index (χ2n) is 7.32. The lowest BCUT2D eigenvalue weighted by molar-refractivity contribution is -0.137. The van der Waals surface area contributed by atoms with E-state index in [-0.39, 0.29) is 18.1 Å². The van der Waals surface area contributed by atoms with Gasteiger partial charge in [-0.25, -0.2) is 0 Å². The topological polar surface area (TPSA) is 82.1 Å². The molecular formula is C19H24F3N3O4. The van der Waals surface area contributed by atoms with Crippen LogP contribution in [0.2, 0.25) is 0 Å². The van der Waals surface area contributed by atoms with Gasteiger partial charge in [-0.2, -0.15) is 13.2 Å². The van der Waals surface area contributed by atoms with Gasteiger partial charge in [0.15, 0.2) is 0 Å². The molecule has 3 atom stereocenters. The van der Waals surface area contributed by atoms with E-state index in [1.165, 1.54) is 6.92 Å². The molecule has 2 heterocycles. The van der Waals surface area contributed by atoms with Crippen LogP contribution in [0.1, 0.15) is 22.8 Å². The van der Waals surface area contributed by atoms with Gasteiger partial charge in [-0.15, -0.1) is 0 Å². The molecule has 0 bridgehead atoms. The Bertz CT molecular complexity index is 733. The summed E-state index contributed by atoms with van der Waals surface area (Å²) < 4.78 is 43.5. The number of aliphatic hydroxyl groups is 1. The number of hydrogen-bond acceptors (Lipinski definition) is 5. The Hall–Kier alpha value is -2.17. The number of aliphatic hydroxyl groups excluding tert-OH is 1. The van der Waals surface area contributed by atoms with Crippen molar-refractivity contribution in [1.82, 2.24) is 15.1 Å². The number of hydrogen-bond donors (Lipinski definition) is 2. The molecule has 2 N–H and O–H groups in total. The van der Waals surface area contributed by atoms with Crippen LogP contribution in [0.15, 0.2) is 24.3 Å². The van der Waals surface area contributed by atoms with E-state index in [4.69, 9.17) is 4.74 Å². The van der Waals surface area contributed by atoms with Crippen molar-refractivity contribution < 1.29 is 32.6 Å². The molecular weight excluding hydrogens is 391 g/mol. The van der Waals surface area contributed by atoms with E-state index in [0.717, 1.165) is 24.3 Å². The Kier molecular flexibility index (Phi) is 6.45. The number of amides is 2. The third kappa shape index (κ3) is 5.26. The van der Waals surface area contributed by atoms with Crippen molar-refractivity contribution in [3.05, 3.63) is 35.4 Å². The summed E-state index contributed by atoms with van der Waals surface area (Å²) in [6, 6.07) is 3.26. The Balaban J connectivity index is 1.50. The van der Waals surface area contributed by atoms with E-state index in [0.29, 0.717) is 32.7 Å². The van der Waals surface area contributed by atoms with Crippen LogP contribution in [-0.2, 0) is 15.7 Å². The molecule has 0 saturated carbocycles. The maximum Gasteiger partial charge on any atom is 0.416 e. The zero-order chi connectivity index (χ0) is 21.2. The summed E-state index contributed by atoms with van der Waals surface area (Å²) in [7, 11) is 0. The Labute approximate surface area is 166 Å². The van der Waals surface area contributed by atoms with E-state index >= 15 is 0 Å².